The number of ether oxygens (including phenoxy) is 1. The van der Waals surface area contributed by atoms with E-state index in [1.807, 2.05) is 52.8 Å². The molecule has 1 saturated heterocycles. The molecular weight excluding hydrogens is 291 g/mol. The fourth-order valence-corrected chi connectivity index (χ4v) is 2.36. The molecule has 0 amide bonds. The molecular formula is C18H25BO4. The van der Waals surface area contributed by atoms with E-state index in [1.54, 1.807) is 13.0 Å². The zero-order valence-electron chi connectivity index (χ0n) is 14.8. The smallest absolute Gasteiger partial charge is 0.463 e. The molecule has 0 atom stereocenters. The van der Waals surface area contributed by atoms with Crippen LogP contribution < -0.4 is 5.46 Å². The predicted molar refractivity (Wildman–Crippen MR) is 92.6 cm³/mol. The Bertz CT molecular complexity index is 603. The van der Waals surface area contributed by atoms with Gasteiger partial charge in [-0.05, 0) is 64.2 Å². The molecule has 5 heteroatoms. The van der Waals surface area contributed by atoms with Gasteiger partial charge < -0.3 is 14.0 Å². The molecule has 1 heterocycles. The van der Waals surface area contributed by atoms with Crippen LogP contribution in [0.15, 0.2) is 24.3 Å². The van der Waals surface area contributed by atoms with Gasteiger partial charge in [-0.2, -0.15) is 0 Å². The van der Waals surface area contributed by atoms with Crippen molar-refractivity contribution >= 4 is 24.6 Å². The van der Waals surface area contributed by atoms with E-state index < -0.39 is 0 Å². The molecule has 124 valence electrons. The van der Waals surface area contributed by atoms with E-state index in [0.29, 0.717) is 6.61 Å². The molecule has 4 nitrogen and oxygen atoms in total. The second-order valence-corrected chi connectivity index (χ2v) is 6.79. The zero-order chi connectivity index (χ0) is 17.3. The lowest BCUT2D eigenvalue weighted by Gasteiger charge is -2.32. The zero-order valence-corrected chi connectivity index (χ0v) is 14.8. The second-order valence-electron chi connectivity index (χ2n) is 6.79. The minimum absolute atomic E-state index is 0.332. The minimum atomic E-state index is -0.373. The summed E-state index contributed by atoms with van der Waals surface area (Å²) < 4.78 is 17.0. The Kier molecular flexibility index (Phi) is 5.02. The van der Waals surface area contributed by atoms with Gasteiger partial charge in [-0.25, -0.2) is 4.79 Å². The van der Waals surface area contributed by atoms with Gasteiger partial charge in [-0.15, -0.1) is 0 Å². The Hall–Kier alpha value is -1.59. The first-order valence-electron chi connectivity index (χ1n) is 7.97. The fourth-order valence-electron chi connectivity index (χ4n) is 2.36. The van der Waals surface area contributed by atoms with Gasteiger partial charge in [0.25, 0.3) is 0 Å². The number of carbonyl (C=O) groups is 1. The normalized spacial score (nSPS) is 19.3. The number of hydrogen-bond donors (Lipinski definition) is 0. The molecule has 1 aliphatic heterocycles. The van der Waals surface area contributed by atoms with Crippen molar-refractivity contribution in [3.63, 3.8) is 0 Å². The summed E-state index contributed by atoms with van der Waals surface area (Å²) in [6, 6.07) is 5.97. The molecule has 2 rings (SSSR count). The molecule has 0 aromatic heterocycles. The number of rotatable bonds is 4. The second kappa shape index (κ2) is 6.50. The van der Waals surface area contributed by atoms with E-state index >= 15 is 0 Å². The van der Waals surface area contributed by atoms with E-state index in [2.05, 4.69) is 0 Å². The van der Waals surface area contributed by atoms with Gasteiger partial charge in [0.2, 0.25) is 0 Å². The molecule has 1 fully saturated rings. The van der Waals surface area contributed by atoms with Crippen molar-refractivity contribution in [1.29, 1.82) is 0 Å². The van der Waals surface area contributed by atoms with Crippen LogP contribution in [-0.2, 0) is 18.8 Å². The Morgan fingerprint density at radius 2 is 1.83 bits per heavy atom. The lowest BCUT2D eigenvalue weighted by atomic mass is 9.78. The first kappa shape index (κ1) is 17.8. The number of benzene rings is 1. The molecule has 0 spiro atoms. The molecule has 1 aromatic carbocycles. The lowest BCUT2D eigenvalue weighted by molar-refractivity contribution is -0.137. The summed E-state index contributed by atoms with van der Waals surface area (Å²) in [4.78, 5) is 11.4. The van der Waals surface area contributed by atoms with Gasteiger partial charge >= 0.3 is 13.1 Å². The average molecular weight is 316 g/mol. The molecule has 0 unspecified atom stereocenters. The van der Waals surface area contributed by atoms with E-state index in [9.17, 15) is 4.79 Å². The summed E-state index contributed by atoms with van der Waals surface area (Å²) in [5.41, 5.74) is 2.30. The maximum Gasteiger partial charge on any atom is 0.494 e. The van der Waals surface area contributed by atoms with Gasteiger partial charge in [0, 0.05) is 6.08 Å². The van der Waals surface area contributed by atoms with E-state index in [4.69, 9.17) is 14.0 Å². The van der Waals surface area contributed by atoms with E-state index in [-0.39, 0.29) is 24.3 Å². The van der Waals surface area contributed by atoms with Crippen LogP contribution in [-0.4, -0.2) is 30.9 Å². The van der Waals surface area contributed by atoms with Gasteiger partial charge in [-0.1, -0.05) is 18.2 Å². The van der Waals surface area contributed by atoms with Crippen LogP contribution in [0.3, 0.4) is 0 Å². The summed E-state index contributed by atoms with van der Waals surface area (Å²) in [6.07, 6.45) is 3.21. The Balaban J connectivity index is 2.16. The molecule has 0 aliphatic carbocycles. The van der Waals surface area contributed by atoms with Gasteiger partial charge in [0.15, 0.2) is 0 Å². The third-order valence-electron chi connectivity index (χ3n) is 4.50. The predicted octanol–water partition coefficient (Wildman–Crippen LogP) is 2.87. The Morgan fingerprint density at radius 1 is 1.22 bits per heavy atom. The third kappa shape index (κ3) is 3.85. The molecule has 23 heavy (non-hydrogen) atoms. The van der Waals surface area contributed by atoms with Crippen LogP contribution >= 0.6 is 0 Å². The number of carbonyl (C=O) groups excluding carboxylic acids is 1. The molecule has 0 bridgehead atoms. The maximum absolute atomic E-state index is 11.4. The van der Waals surface area contributed by atoms with Gasteiger partial charge in [-0.3, -0.25) is 0 Å². The monoisotopic (exact) mass is 316 g/mol. The van der Waals surface area contributed by atoms with E-state index in [1.165, 1.54) is 6.08 Å². The summed E-state index contributed by atoms with van der Waals surface area (Å²) in [5.74, 6) is -0.332. The fraction of sp³-hybridized carbons (Fsp3) is 0.500. The van der Waals surface area contributed by atoms with Crippen molar-refractivity contribution in [2.24, 2.45) is 0 Å². The van der Waals surface area contributed by atoms with Crippen molar-refractivity contribution in [1.82, 2.24) is 0 Å². The first-order chi connectivity index (χ1) is 10.7. The highest BCUT2D eigenvalue weighted by Crippen LogP contribution is 2.36. The summed E-state index contributed by atoms with van der Waals surface area (Å²) in [6.45, 7) is 12.3. The number of aryl methyl sites for hydroxylation is 1. The van der Waals surface area contributed by atoms with Crippen molar-refractivity contribution in [3.05, 3.63) is 35.4 Å². The summed E-state index contributed by atoms with van der Waals surface area (Å²) in [5, 5.41) is 0. The highest BCUT2D eigenvalue weighted by Gasteiger charge is 2.51. The Labute approximate surface area is 139 Å². The Morgan fingerprint density at radius 3 is 2.35 bits per heavy atom. The molecule has 0 radical (unpaired) electrons. The standard InChI is InChI=1S/C18H25BO4/c1-7-21-16(20)11-9-14-8-10-15(12-13(14)2)19-22-17(3,4)18(5,6)23-19/h8-12H,7H2,1-6H3/b11-9+. The number of hydrogen-bond acceptors (Lipinski definition) is 4. The SMILES string of the molecule is CCOC(=O)/C=C/c1ccc(B2OC(C)(C)C(C)(C)O2)cc1C. The number of esters is 1. The quantitative estimate of drug-likeness (QED) is 0.487. The topological polar surface area (TPSA) is 44.8 Å². The van der Waals surface area contributed by atoms with Crippen molar-refractivity contribution in [2.75, 3.05) is 6.61 Å². The molecule has 1 aliphatic rings. The largest absolute Gasteiger partial charge is 0.494 e. The van der Waals surface area contributed by atoms with Crippen LogP contribution in [0.1, 0.15) is 45.7 Å². The molecule has 1 aromatic rings. The molecule has 0 saturated carbocycles. The first-order valence-corrected chi connectivity index (χ1v) is 7.97. The lowest BCUT2D eigenvalue weighted by Crippen LogP contribution is -2.41. The average Bonchev–Trinajstić information content (AvgIpc) is 2.66. The van der Waals surface area contributed by atoms with Crippen molar-refractivity contribution < 1.29 is 18.8 Å². The van der Waals surface area contributed by atoms with Gasteiger partial charge in [0.1, 0.15) is 0 Å². The highest BCUT2D eigenvalue weighted by atomic mass is 16.7. The molecule has 0 N–H and O–H groups in total. The van der Waals surface area contributed by atoms with Crippen LogP contribution in [0.25, 0.3) is 6.08 Å². The maximum atomic E-state index is 11.4. The van der Waals surface area contributed by atoms with Crippen molar-refractivity contribution in [2.45, 2.75) is 52.7 Å². The summed E-state index contributed by atoms with van der Waals surface area (Å²) in [7, 11) is -0.373. The van der Waals surface area contributed by atoms with Crippen LogP contribution in [0.5, 0.6) is 0 Å². The third-order valence-corrected chi connectivity index (χ3v) is 4.50. The minimum Gasteiger partial charge on any atom is -0.463 e. The highest BCUT2D eigenvalue weighted by molar-refractivity contribution is 6.62. The van der Waals surface area contributed by atoms with Crippen LogP contribution in [0, 0.1) is 6.92 Å². The van der Waals surface area contributed by atoms with Gasteiger partial charge in [0.05, 0.1) is 17.8 Å². The van der Waals surface area contributed by atoms with Crippen molar-refractivity contribution in [3.8, 4) is 0 Å². The van der Waals surface area contributed by atoms with Crippen LogP contribution in [0.2, 0.25) is 0 Å². The van der Waals surface area contributed by atoms with E-state index in [0.717, 1.165) is 16.6 Å². The van der Waals surface area contributed by atoms with Crippen LogP contribution in [0.4, 0.5) is 0 Å². The summed E-state index contributed by atoms with van der Waals surface area (Å²) >= 11 is 0.